The van der Waals surface area contributed by atoms with Crippen LogP contribution in [-0.4, -0.2) is 32.6 Å². The lowest BCUT2D eigenvalue weighted by molar-refractivity contribution is -0.129. The van der Waals surface area contributed by atoms with Gasteiger partial charge >= 0.3 is 0 Å². The molecule has 70 valence electrons. The summed E-state index contributed by atoms with van der Waals surface area (Å²) >= 11 is 3.16. The molecule has 0 spiro atoms. The van der Waals surface area contributed by atoms with Crippen LogP contribution in [0.1, 0.15) is 11.4 Å². The van der Waals surface area contributed by atoms with Gasteiger partial charge in [-0.15, -0.1) is 0 Å². The van der Waals surface area contributed by atoms with Crippen LogP contribution in [0.4, 0.5) is 0 Å². The summed E-state index contributed by atoms with van der Waals surface area (Å²) in [5.41, 5.74) is 2.17. The van der Waals surface area contributed by atoms with Gasteiger partial charge in [-0.2, -0.15) is 0 Å². The van der Waals surface area contributed by atoms with Crippen molar-refractivity contribution in [3.8, 4) is 0 Å². The molecule has 0 fully saturated rings. The number of nitrogens with one attached hydrogen (secondary N) is 1. The van der Waals surface area contributed by atoms with Crippen LogP contribution >= 0.6 is 15.9 Å². The Morgan fingerprint density at radius 3 is 3.38 bits per heavy atom. The normalized spacial score (nSPS) is 15.6. The van der Waals surface area contributed by atoms with Crippen molar-refractivity contribution in [3.63, 3.8) is 0 Å². The average molecular weight is 244 g/mol. The number of hydrogen-bond acceptors (Lipinski definition) is 2. The molecule has 0 saturated carbocycles. The molecule has 1 amide bonds. The molecule has 1 aromatic heterocycles. The molecule has 13 heavy (non-hydrogen) atoms. The van der Waals surface area contributed by atoms with Gasteiger partial charge in [0.05, 0.1) is 29.6 Å². The second-order valence-corrected chi connectivity index (χ2v) is 3.59. The molecule has 0 aliphatic carbocycles. The number of hydrogen-bond donors (Lipinski definition) is 1. The zero-order chi connectivity index (χ0) is 9.26. The molecule has 0 bridgehead atoms. The highest BCUT2D eigenvalue weighted by Gasteiger charge is 2.20. The Hall–Kier alpha value is -0.840. The second kappa shape index (κ2) is 3.49. The minimum Gasteiger partial charge on any atom is -0.347 e. The highest BCUT2D eigenvalue weighted by molar-refractivity contribution is 9.09. The van der Waals surface area contributed by atoms with Crippen molar-refractivity contribution in [3.05, 3.63) is 17.7 Å². The van der Waals surface area contributed by atoms with E-state index in [4.69, 9.17) is 0 Å². The molecule has 1 aromatic rings. The number of fused-ring (bicyclic) bond motifs is 1. The molecular weight excluding hydrogens is 234 g/mol. The first-order valence-corrected chi connectivity index (χ1v) is 5.28. The quantitative estimate of drug-likeness (QED) is 0.739. The Balaban J connectivity index is 2.13. The van der Waals surface area contributed by atoms with E-state index in [1.165, 1.54) is 0 Å². The van der Waals surface area contributed by atoms with Crippen LogP contribution in [0.25, 0.3) is 0 Å². The van der Waals surface area contributed by atoms with Gasteiger partial charge in [-0.25, -0.2) is 4.98 Å². The molecule has 0 saturated heterocycles. The van der Waals surface area contributed by atoms with Crippen LogP contribution in [-0.2, 0) is 17.8 Å². The maximum Gasteiger partial charge on any atom is 0.233 e. The monoisotopic (exact) mass is 243 g/mol. The number of H-pyrrole nitrogens is 1. The lowest BCUT2D eigenvalue weighted by atomic mass is 10.1. The first-order chi connectivity index (χ1) is 6.31. The average Bonchev–Trinajstić information content (AvgIpc) is 2.63. The van der Waals surface area contributed by atoms with Gasteiger partial charge in [0.2, 0.25) is 5.91 Å². The van der Waals surface area contributed by atoms with Gasteiger partial charge in [0.1, 0.15) is 0 Å². The number of rotatable bonds is 1. The molecular formula is C8H10BrN3O. The van der Waals surface area contributed by atoms with Crippen molar-refractivity contribution in [2.24, 2.45) is 0 Å². The van der Waals surface area contributed by atoms with Crippen LogP contribution in [0.2, 0.25) is 0 Å². The maximum atomic E-state index is 11.3. The molecule has 1 aliphatic heterocycles. The summed E-state index contributed by atoms with van der Waals surface area (Å²) < 4.78 is 0. The highest BCUT2D eigenvalue weighted by Crippen LogP contribution is 2.14. The molecule has 0 unspecified atom stereocenters. The van der Waals surface area contributed by atoms with Gasteiger partial charge in [0.25, 0.3) is 0 Å². The van der Waals surface area contributed by atoms with Crippen LogP contribution in [0.15, 0.2) is 6.33 Å². The number of aromatic nitrogens is 2. The number of imidazole rings is 1. The van der Waals surface area contributed by atoms with Crippen LogP contribution in [0, 0.1) is 0 Å². The van der Waals surface area contributed by atoms with E-state index >= 15 is 0 Å². The van der Waals surface area contributed by atoms with Gasteiger partial charge in [-0.1, -0.05) is 15.9 Å². The molecule has 1 N–H and O–H groups in total. The summed E-state index contributed by atoms with van der Waals surface area (Å²) in [7, 11) is 0. The van der Waals surface area contributed by atoms with Crippen LogP contribution < -0.4 is 0 Å². The Morgan fingerprint density at radius 1 is 1.77 bits per heavy atom. The van der Waals surface area contributed by atoms with E-state index in [-0.39, 0.29) is 5.91 Å². The molecule has 0 radical (unpaired) electrons. The number of nitrogens with zero attached hydrogens (tertiary/aromatic N) is 2. The summed E-state index contributed by atoms with van der Waals surface area (Å²) in [6, 6.07) is 0. The second-order valence-electron chi connectivity index (χ2n) is 3.03. The fourth-order valence-electron chi connectivity index (χ4n) is 1.51. The molecule has 2 heterocycles. The first-order valence-electron chi connectivity index (χ1n) is 4.16. The molecule has 5 heteroatoms. The fourth-order valence-corrected chi connectivity index (χ4v) is 1.86. The van der Waals surface area contributed by atoms with E-state index in [0.717, 1.165) is 24.4 Å². The molecule has 4 nitrogen and oxygen atoms in total. The third kappa shape index (κ3) is 1.60. The Labute approximate surface area is 84.5 Å². The Kier molecular flexibility index (Phi) is 2.35. The Morgan fingerprint density at radius 2 is 2.62 bits per heavy atom. The summed E-state index contributed by atoms with van der Waals surface area (Å²) in [6.07, 6.45) is 2.55. The minimum absolute atomic E-state index is 0.139. The van der Waals surface area contributed by atoms with E-state index in [2.05, 4.69) is 25.9 Å². The maximum absolute atomic E-state index is 11.3. The zero-order valence-corrected chi connectivity index (χ0v) is 8.67. The van der Waals surface area contributed by atoms with Gasteiger partial charge in [0, 0.05) is 13.0 Å². The molecule has 2 rings (SSSR count). The number of halogens is 1. The highest BCUT2D eigenvalue weighted by atomic mass is 79.9. The van der Waals surface area contributed by atoms with E-state index in [1.807, 2.05) is 4.90 Å². The van der Waals surface area contributed by atoms with Crippen LogP contribution in [0.3, 0.4) is 0 Å². The van der Waals surface area contributed by atoms with Crippen molar-refractivity contribution in [1.29, 1.82) is 0 Å². The lowest BCUT2D eigenvalue weighted by Gasteiger charge is -2.25. The van der Waals surface area contributed by atoms with E-state index in [0.29, 0.717) is 11.9 Å². The molecule has 1 aliphatic rings. The lowest BCUT2D eigenvalue weighted by Crippen LogP contribution is -2.36. The summed E-state index contributed by atoms with van der Waals surface area (Å²) in [6.45, 7) is 1.45. The topological polar surface area (TPSA) is 49.0 Å². The predicted octanol–water partition coefficient (Wildman–Crippen LogP) is 0.689. The first kappa shape index (κ1) is 8.74. The minimum atomic E-state index is 0.139. The largest absolute Gasteiger partial charge is 0.347 e. The number of carbonyl (C=O) groups excluding carboxylic acids is 1. The zero-order valence-electron chi connectivity index (χ0n) is 7.09. The number of alkyl halides is 1. The van der Waals surface area contributed by atoms with E-state index in [1.54, 1.807) is 6.33 Å². The summed E-state index contributed by atoms with van der Waals surface area (Å²) in [4.78, 5) is 20.4. The predicted molar refractivity (Wildman–Crippen MR) is 51.5 cm³/mol. The molecule has 0 atom stereocenters. The Bertz CT molecular complexity index is 323. The summed E-state index contributed by atoms with van der Waals surface area (Å²) in [5.74, 6) is 0.139. The van der Waals surface area contributed by atoms with Gasteiger partial charge < -0.3 is 9.88 Å². The third-order valence-electron chi connectivity index (χ3n) is 2.24. The van der Waals surface area contributed by atoms with Crippen molar-refractivity contribution in [2.45, 2.75) is 13.0 Å². The van der Waals surface area contributed by atoms with Crippen molar-refractivity contribution in [1.82, 2.24) is 14.9 Å². The van der Waals surface area contributed by atoms with Gasteiger partial charge in [0.15, 0.2) is 0 Å². The van der Waals surface area contributed by atoms with E-state index in [9.17, 15) is 4.79 Å². The number of carbonyl (C=O) groups is 1. The van der Waals surface area contributed by atoms with Crippen LogP contribution in [0.5, 0.6) is 0 Å². The van der Waals surface area contributed by atoms with Crippen molar-refractivity contribution >= 4 is 21.8 Å². The van der Waals surface area contributed by atoms with E-state index < -0.39 is 0 Å². The van der Waals surface area contributed by atoms with Crippen molar-refractivity contribution in [2.75, 3.05) is 11.9 Å². The van der Waals surface area contributed by atoms with Gasteiger partial charge in [-0.3, -0.25) is 4.79 Å². The smallest absolute Gasteiger partial charge is 0.233 e. The third-order valence-corrected chi connectivity index (χ3v) is 2.72. The standard InChI is InChI=1S/C8H10BrN3O/c9-3-8(13)12-2-1-6-7(4-12)11-5-10-6/h5H,1-4H2,(H,10,11). The fraction of sp³-hybridized carbons (Fsp3) is 0.500. The summed E-state index contributed by atoms with van der Waals surface area (Å²) in [5, 5.41) is 0.399. The van der Waals surface area contributed by atoms with Gasteiger partial charge in [-0.05, 0) is 0 Å². The SMILES string of the molecule is O=C(CBr)N1CCc2nc[nH]c2C1. The molecule has 0 aromatic carbocycles. The number of aromatic amines is 1. The van der Waals surface area contributed by atoms with Crippen molar-refractivity contribution < 1.29 is 4.79 Å². The number of amides is 1.